The first kappa shape index (κ1) is 16.0. The molecule has 2 aromatic heterocycles. The van der Waals surface area contributed by atoms with Gasteiger partial charge in [0, 0.05) is 50.9 Å². The minimum absolute atomic E-state index is 0.0521. The van der Waals surface area contributed by atoms with Crippen molar-refractivity contribution < 1.29 is 9.53 Å². The molecule has 8 nitrogen and oxygen atoms in total. The zero-order valence-corrected chi connectivity index (χ0v) is 14.8. The first-order chi connectivity index (χ1) is 12.0. The zero-order valence-electron chi connectivity index (χ0n) is 14.8. The molecule has 2 aliphatic rings. The quantitative estimate of drug-likeness (QED) is 0.812. The van der Waals surface area contributed by atoms with Gasteiger partial charge in [-0.2, -0.15) is 10.1 Å². The Labute approximate surface area is 146 Å². The predicted octanol–water partition coefficient (Wildman–Crippen LogP) is 1.06. The maximum Gasteiger partial charge on any atom is 0.250 e. The van der Waals surface area contributed by atoms with E-state index in [-0.39, 0.29) is 12.5 Å². The highest BCUT2D eigenvalue weighted by Gasteiger charge is 2.46. The summed E-state index contributed by atoms with van der Waals surface area (Å²) in [4.78, 5) is 24.8. The second-order valence-electron chi connectivity index (χ2n) is 6.73. The van der Waals surface area contributed by atoms with Crippen molar-refractivity contribution in [2.75, 3.05) is 31.6 Å². The number of rotatable bonds is 2. The van der Waals surface area contributed by atoms with Gasteiger partial charge in [-0.3, -0.25) is 4.79 Å². The van der Waals surface area contributed by atoms with Gasteiger partial charge in [0.1, 0.15) is 12.3 Å². The molecule has 4 heterocycles. The van der Waals surface area contributed by atoms with E-state index in [1.54, 1.807) is 11.1 Å². The van der Waals surface area contributed by atoms with Crippen LogP contribution in [0.15, 0.2) is 18.3 Å². The largest absolute Gasteiger partial charge is 0.346 e. The molecule has 1 spiro atoms. The first-order valence-corrected chi connectivity index (χ1v) is 8.51. The Morgan fingerprint density at radius 2 is 2.00 bits per heavy atom. The number of hydrogen-bond acceptors (Lipinski definition) is 6. The lowest BCUT2D eigenvalue weighted by molar-refractivity contribution is -0.132. The Bertz CT molecular complexity index is 809. The lowest BCUT2D eigenvalue weighted by Gasteiger charge is -2.42. The molecule has 0 atom stereocenters. The molecule has 4 rings (SSSR count). The Morgan fingerprint density at radius 1 is 1.24 bits per heavy atom. The van der Waals surface area contributed by atoms with Gasteiger partial charge >= 0.3 is 0 Å². The van der Waals surface area contributed by atoms with Crippen molar-refractivity contribution in [2.24, 2.45) is 0 Å². The average Bonchev–Trinajstić information content (AvgIpc) is 3.10. The number of likely N-dealkylation sites (N-methyl/N-ethyl adjacent to an activating group) is 1. The second-order valence-corrected chi connectivity index (χ2v) is 6.73. The smallest absolute Gasteiger partial charge is 0.250 e. The van der Waals surface area contributed by atoms with Gasteiger partial charge in [0.05, 0.1) is 5.69 Å². The number of amides is 1. The van der Waals surface area contributed by atoms with Crippen LogP contribution < -0.4 is 4.90 Å². The molecular formula is C17H22N6O2. The fraction of sp³-hybridized carbons (Fsp3) is 0.529. The normalized spacial score (nSPS) is 19.9. The van der Waals surface area contributed by atoms with Crippen molar-refractivity contribution in [3.63, 3.8) is 0 Å². The summed E-state index contributed by atoms with van der Waals surface area (Å²) in [5.41, 5.74) is 1.55. The Balaban J connectivity index is 1.53. The summed E-state index contributed by atoms with van der Waals surface area (Å²) in [5, 5.41) is 4.49. The molecule has 132 valence electrons. The van der Waals surface area contributed by atoms with Gasteiger partial charge < -0.3 is 14.5 Å². The standard InChI is InChI=1S/C17H22N6O2/c1-12-10-13(2)23(20-12)14-4-7-18-16(19-14)22-8-5-17(6-9-22)21(3)15(24)11-25-17/h4,7,10H,5-6,8-9,11H2,1-3H3. The maximum atomic E-state index is 11.8. The van der Waals surface area contributed by atoms with Crippen molar-refractivity contribution in [3.8, 4) is 5.82 Å². The monoisotopic (exact) mass is 342 g/mol. The highest BCUT2D eigenvalue weighted by atomic mass is 16.5. The van der Waals surface area contributed by atoms with E-state index in [1.165, 1.54) is 0 Å². The molecule has 1 amide bonds. The number of carbonyl (C=O) groups is 1. The molecule has 0 unspecified atom stereocenters. The van der Waals surface area contributed by atoms with Crippen molar-refractivity contribution >= 4 is 11.9 Å². The van der Waals surface area contributed by atoms with E-state index in [1.807, 2.05) is 37.7 Å². The van der Waals surface area contributed by atoms with E-state index in [2.05, 4.69) is 20.0 Å². The summed E-state index contributed by atoms with van der Waals surface area (Å²) >= 11 is 0. The minimum atomic E-state index is -0.457. The molecule has 2 fully saturated rings. The molecule has 2 aliphatic heterocycles. The molecule has 2 aromatic rings. The van der Waals surface area contributed by atoms with Gasteiger partial charge in [-0.1, -0.05) is 0 Å². The fourth-order valence-corrected chi connectivity index (χ4v) is 3.62. The summed E-state index contributed by atoms with van der Waals surface area (Å²) in [5.74, 6) is 1.50. The van der Waals surface area contributed by atoms with E-state index < -0.39 is 5.72 Å². The number of ether oxygens (including phenoxy) is 1. The third-order valence-corrected chi connectivity index (χ3v) is 5.13. The van der Waals surface area contributed by atoms with Crippen molar-refractivity contribution in [2.45, 2.75) is 32.4 Å². The number of aryl methyl sites for hydroxylation is 2. The molecule has 2 saturated heterocycles. The zero-order chi connectivity index (χ0) is 17.6. The molecule has 0 radical (unpaired) electrons. The van der Waals surface area contributed by atoms with Gasteiger partial charge in [0.15, 0.2) is 5.82 Å². The predicted molar refractivity (Wildman–Crippen MR) is 91.5 cm³/mol. The van der Waals surface area contributed by atoms with Gasteiger partial charge in [-0.15, -0.1) is 0 Å². The van der Waals surface area contributed by atoms with Crippen molar-refractivity contribution in [3.05, 3.63) is 29.7 Å². The molecule has 0 aliphatic carbocycles. The summed E-state index contributed by atoms with van der Waals surface area (Å²) < 4.78 is 7.63. The Kier molecular flexibility index (Phi) is 3.72. The third-order valence-electron chi connectivity index (χ3n) is 5.13. The number of piperidine rings is 1. The van der Waals surface area contributed by atoms with Crippen LogP contribution in [0.5, 0.6) is 0 Å². The summed E-state index contributed by atoms with van der Waals surface area (Å²) in [7, 11) is 1.82. The van der Waals surface area contributed by atoms with Crippen LogP contribution in [0.3, 0.4) is 0 Å². The van der Waals surface area contributed by atoms with Crippen LogP contribution in [0.4, 0.5) is 5.95 Å². The van der Waals surface area contributed by atoms with Gasteiger partial charge in [0.2, 0.25) is 5.95 Å². The molecule has 25 heavy (non-hydrogen) atoms. The van der Waals surface area contributed by atoms with Crippen molar-refractivity contribution in [1.82, 2.24) is 24.6 Å². The van der Waals surface area contributed by atoms with Gasteiger partial charge in [-0.25, -0.2) is 9.67 Å². The molecule has 0 aromatic carbocycles. The van der Waals surface area contributed by atoms with Crippen LogP contribution in [0.25, 0.3) is 5.82 Å². The average molecular weight is 342 g/mol. The highest BCUT2D eigenvalue weighted by molar-refractivity contribution is 5.79. The van der Waals surface area contributed by atoms with E-state index >= 15 is 0 Å². The number of anilines is 1. The van der Waals surface area contributed by atoms with Gasteiger partial charge in [0.25, 0.3) is 5.91 Å². The Hall–Kier alpha value is -2.48. The highest BCUT2D eigenvalue weighted by Crippen LogP contribution is 2.34. The number of hydrogen-bond donors (Lipinski definition) is 0. The summed E-state index contributed by atoms with van der Waals surface area (Å²) in [6, 6.07) is 3.89. The van der Waals surface area contributed by atoms with Crippen LogP contribution >= 0.6 is 0 Å². The fourth-order valence-electron chi connectivity index (χ4n) is 3.62. The van der Waals surface area contributed by atoms with E-state index in [9.17, 15) is 4.79 Å². The van der Waals surface area contributed by atoms with Crippen LogP contribution in [0, 0.1) is 13.8 Å². The van der Waals surface area contributed by atoms with E-state index in [0.29, 0.717) is 5.95 Å². The Morgan fingerprint density at radius 3 is 2.60 bits per heavy atom. The molecule has 0 bridgehead atoms. The SMILES string of the molecule is Cc1cc(C)n(-c2ccnc(N3CCC4(CC3)OCC(=O)N4C)n2)n1. The van der Waals surface area contributed by atoms with Crippen LogP contribution in [-0.4, -0.2) is 63.0 Å². The molecule has 8 heteroatoms. The van der Waals surface area contributed by atoms with E-state index in [0.717, 1.165) is 43.1 Å². The van der Waals surface area contributed by atoms with Crippen LogP contribution in [-0.2, 0) is 9.53 Å². The van der Waals surface area contributed by atoms with Gasteiger partial charge in [-0.05, 0) is 19.9 Å². The number of aromatic nitrogens is 4. The minimum Gasteiger partial charge on any atom is -0.346 e. The topological polar surface area (TPSA) is 76.4 Å². The molecule has 0 N–H and O–H groups in total. The van der Waals surface area contributed by atoms with Crippen molar-refractivity contribution in [1.29, 1.82) is 0 Å². The molecule has 0 saturated carbocycles. The summed E-state index contributed by atoms with van der Waals surface area (Å²) in [6.45, 7) is 5.66. The third kappa shape index (κ3) is 2.66. The number of nitrogens with zero attached hydrogens (tertiary/aromatic N) is 6. The maximum absolute atomic E-state index is 11.8. The molecular weight excluding hydrogens is 320 g/mol. The van der Waals surface area contributed by atoms with Crippen LogP contribution in [0.1, 0.15) is 24.2 Å². The number of carbonyl (C=O) groups excluding carboxylic acids is 1. The lowest BCUT2D eigenvalue weighted by atomic mass is 9.99. The lowest BCUT2D eigenvalue weighted by Crippen LogP contribution is -2.52. The summed E-state index contributed by atoms with van der Waals surface area (Å²) in [6.07, 6.45) is 3.27. The van der Waals surface area contributed by atoms with E-state index in [4.69, 9.17) is 4.74 Å². The first-order valence-electron chi connectivity index (χ1n) is 8.51. The van der Waals surface area contributed by atoms with Crippen LogP contribution in [0.2, 0.25) is 0 Å². The second kappa shape index (κ2) is 5.80.